The predicted octanol–water partition coefficient (Wildman–Crippen LogP) is 4.46. The van der Waals surface area contributed by atoms with Crippen molar-refractivity contribution in [2.45, 2.75) is 32.7 Å². The number of hydrogen-bond donors (Lipinski definition) is 1. The van der Waals surface area contributed by atoms with Gasteiger partial charge in [0.15, 0.2) is 0 Å². The fraction of sp³-hybridized carbons (Fsp3) is 0.571. The Morgan fingerprint density at radius 2 is 2.06 bits per heavy atom. The summed E-state index contributed by atoms with van der Waals surface area (Å²) in [4.78, 5) is 0. The summed E-state index contributed by atoms with van der Waals surface area (Å²) in [7, 11) is 0. The fourth-order valence-corrected chi connectivity index (χ4v) is 2.38. The molecule has 0 saturated carbocycles. The van der Waals surface area contributed by atoms with Gasteiger partial charge < -0.3 is 10.1 Å². The van der Waals surface area contributed by atoms with Crippen molar-refractivity contribution in [2.24, 2.45) is 0 Å². The zero-order chi connectivity index (χ0) is 13.4. The van der Waals surface area contributed by atoms with Gasteiger partial charge in [-0.05, 0) is 37.9 Å². The van der Waals surface area contributed by atoms with E-state index < -0.39 is 0 Å². The molecule has 2 nitrogen and oxygen atoms in total. The van der Waals surface area contributed by atoms with Crippen molar-refractivity contribution < 1.29 is 4.74 Å². The average molecular weight is 290 g/mol. The quantitative estimate of drug-likeness (QED) is 0.714. The van der Waals surface area contributed by atoms with E-state index in [0.29, 0.717) is 10.0 Å². The SMILES string of the molecule is CCNC(CCCOCC)c1cccc(Cl)c1Cl. The van der Waals surface area contributed by atoms with E-state index in [-0.39, 0.29) is 6.04 Å². The molecule has 0 spiro atoms. The standard InChI is InChI=1S/C14H21Cl2NO/c1-3-17-13(9-6-10-18-4-2)11-7-5-8-12(15)14(11)16/h5,7-8,13,17H,3-4,6,9-10H2,1-2H3. The molecule has 1 N–H and O–H groups in total. The number of rotatable bonds is 8. The normalized spacial score (nSPS) is 12.7. The topological polar surface area (TPSA) is 21.3 Å². The molecule has 0 bridgehead atoms. The molecule has 0 heterocycles. The Kier molecular flexibility index (Phi) is 7.68. The lowest BCUT2D eigenvalue weighted by atomic mass is 10.0. The summed E-state index contributed by atoms with van der Waals surface area (Å²) in [6, 6.07) is 6.02. The summed E-state index contributed by atoms with van der Waals surface area (Å²) in [5.41, 5.74) is 1.07. The molecule has 0 saturated heterocycles. The Bertz CT molecular complexity index is 358. The van der Waals surface area contributed by atoms with Crippen molar-refractivity contribution in [3.8, 4) is 0 Å². The highest BCUT2D eigenvalue weighted by Crippen LogP contribution is 2.31. The Hall–Kier alpha value is -0.280. The third-order valence-electron chi connectivity index (χ3n) is 2.79. The van der Waals surface area contributed by atoms with Crippen molar-refractivity contribution in [1.29, 1.82) is 0 Å². The van der Waals surface area contributed by atoms with Crippen LogP contribution < -0.4 is 5.32 Å². The summed E-state index contributed by atoms with van der Waals surface area (Å²) in [6.07, 6.45) is 2.00. The van der Waals surface area contributed by atoms with E-state index in [4.69, 9.17) is 27.9 Å². The van der Waals surface area contributed by atoms with Crippen LogP contribution in [0.3, 0.4) is 0 Å². The summed E-state index contributed by atoms with van der Waals surface area (Å²) in [5, 5.41) is 4.71. The van der Waals surface area contributed by atoms with E-state index in [1.807, 2.05) is 25.1 Å². The third-order valence-corrected chi connectivity index (χ3v) is 3.63. The molecule has 0 fully saturated rings. The molecule has 1 unspecified atom stereocenters. The van der Waals surface area contributed by atoms with Crippen molar-refractivity contribution >= 4 is 23.2 Å². The van der Waals surface area contributed by atoms with Crippen molar-refractivity contribution in [1.82, 2.24) is 5.32 Å². The van der Waals surface area contributed by atoms with Gasteiger partial charge in [-0.25, -0.2) is 0 Å². The van der Waals surface area contributed by atoms with E-state index in [1.165, 1.54) is 0 Å². The number of ether oxygens (including phenoxy) is 1. The molecule has 0 aliphatic heterocycles. The van der Waals surface area contributed by atoms with Gasteiger partial charge in [-0.15, -0.1) is 0 Å². The van der Waals surface area contributed by atoms with Gasteiger partial charge in [0.2, 0.25) is 0 Å². The third kappa shape index (κ3) is 4.77. The Morgan fingerprint density at radius 1 is 1.28 bits per heavy atom. The number of hydrogen-bond acceptors (Lipinski definition) is 2. The van der Waals surface area contributed by atoms with Crippen LogP contribution >= 0.6 is 23.2 Å². The molecular weight excluding hydrogens is 269 g/mol. The number of benzene rings is 1. The van der Waals surface area contributed by atoms with Crippen LogP contribution in [0.2, 0.25) is 10.0 Å². The predicted molar refractivity (Wildman–Crippen MR) is 78.6 cm³/mol. The lowest BCUT2D eigenvalue weighted by molar-refractivity contribution is 0.141. The van der Waals surface area contributed by atoms with Crippen molar-refractivity contribution in [3.05, 3.63) is 33.8 Å². The van der Waals surface area contributed by atoms with Crippen LogP contribution in [-0.4, -0.2) is 19.8 Å². The second-order valence-electron chi connectivity index (χ2n) is 4.09. The van der Waals surface area contributed by atoms with Gasteiger partial charge in [0.25, 0.3) is 0 Å². The van der Waals surface area contributed by atoms with E-state index in [2.05, 4.69) is 12.2 Å². The van der Waals surface area contributed by atoms with Gasteiger partial charge >= 0.3 is 0 Å². The van der Waals surface area contributed by atoms with Crippen LogP contribution in [0, 0.1) is 0 Å². The van der Waals surface area contributed by atoms with Crippen LogP contribution in [0.4, 0.5) is 0 Å². The highest BCUT2D eigenvalue weighted by atomic mass is 35.5. The highest BCUT2D eigenvalue weighted by molar-refractivity contribution is 6.42. The van der Waals surface area contributed by atoms with Gasteiger partial charge in [0, 0.05) is 19.3 Å². The molecule has 1 aromatic carbocycles. The van der Waals surface area contributed by atoms with Crippen molar-refractivity contribution in [3.63, 3.8) is 0 Å². The van der Waals surface area contributed by atoms with Crippen LogP contribution in [0.15, 0.2) is 18.2 Å². The minimum absolute atomic E-state index is 0.238. The zero-order valence-electron chi connectivity index (χ0n) is 11.0. The minimum atomic E-state index is 0.238. The lowest BCUT2D eigenvalue weighted by Crippen LogP contribution is -2.21. The molecule has 0 radical (unpaired) electrons. The highest BCUT2D eigenvalue weighted by Gasteiger charge is 2.14. The molecular formula is C14H21Cl2NO. The molecule has 0 aromatic heterocycles. The molecule has 18 heavy (non-hydrogen) atoms. The van der Waals surface area contributed by atoms with E-state index >= 15 is 0 Å². The second-order valence-corrected chi connectivity index (χ2v) is 4.88. The van der Waals surface area contributed by atoms with E-state index in [1.54, 1.807) is 0 Å². The molecule has 1 atom stereocenters. The maximum atomic E-state index is 6.26. The fourth-order valence-electron chi connectivity index (χ4n) is 1.94. The first kappa shape index (κ1) is 15.8. The Morgan fingerprint density at radius 3 is 2.72 bits per heavy atom. The van der Waals surface area contributed by atoms with Gasteiger partial charge in [-0.2, -0.15) is 0 Å². The average Bonchev–Trinajstić information content (AvgIpc) is 2.37. The zero-order valence-corrected chi connectivity index (χ0v) is 12.5. The van der Waals surface area contributed by atoms with Crippen LogP contribution in [0.5, 0.6) is 0 Å². The molecule has 102 valence electrons. The van der Waals surface area contributed by atoms with E-state index in [0.717, 1.165) is 38.2 Å². The summed E-state index contributed by atoms with van der Waals surface area (Å²) < 4.78 is 5.37. The molecule has 1 rings (SSSR count). The van der Waals surface area contributed by atoms with Crippen molar-refractivity contribution in [2.75, 3.05) is 19.8 Å². The lowest BCUT2D eigenvalue weighted by Gasteiger charge is -2.20. The number of nitrogens with one attached hydrogen (secondary N) is 1. The van der Waals surface area contributed by atoms with Crippen LogP contribution in [0.1, 0.15) is 38.3 Å². The maximum absolute atomic E-state index is 6.26. The van der Waals surface area contributed by atoms with Gasteiger partial charge in [-0.3, -0.25) is 0 Å². The number of halogens is 2. The molecule has 4 heteroatoms. The first-order valence-electron chi connectivity index (χ1n) is 6.45. The van der Waals surface area contributed by atoms with Crippen LogP contribution in [-0.2, 0) is 4.74 Å². The van der Waals surface area contributed by atoms with Crippen LogP contribution in [0.25, 0.3) is 0 Å². The smallest absolute Gasteiger partial charge is 0.0640 e. The first-order valence-corrected chi connectivity index (χ1v) is 7.21. The van der Waals surface area contributed by atoms with Gasteiger partial charge in [-0.1, -0.05) is 42.3 Å². The maximum Gasteiger partial charge on any atom is 0.0640 e. The second kappa shape index (κ2) is 8.76. The molecule has 0 amide bonds. The Labute approximate surface area is 120 Å². The first-order chi connectivity index (χ1) is 8.70. The summed E-state index contributed by atoms with van der Waals surface area (Å²) in [5.74, 6) is 0. The summed E-state index contributed by atoms with van der Waals surface area (Å²) >= 11 is 12.3. The molecule has 0 aliphatic carbocycles. The Balaban J connectivity index is 2.68. The van der Waals surface area contributed by atoms with E-state index in [9.17, 15) is 0 Å². The largest absolute Gasteiger partial charge is 0.382 e. The minimum Gasteiger partial charge on any atom is -0.382 e. The molecule has 0 aliphatic rings. The summed E-state index contributed by atoms with van der Waals surface area (Å²) in [6.45, 7) is 6.56. The van der Waals surface area contributed by atoms with Gasteiger partial charge in [0.05, 0.1) is 10.0 Å². The molecule has 1 aromatic rings. The monoisotopic (exact) mass is 289 g/mol. The van der Waals surface area contributed by atoms with Gasteiger partial charge in [0.1, 0.15) is 0 Å².